The fourth-order valence-corrected chi connectivity index (χ4v) is 3.23. The SMILES string of the molecule is CCC(C)(C)c1ccc(Oc2ccc(NC(=O)COC(=O)c3ccc(Cl)cc3N)cc2)cc1. The van der Waals surface area contributed by atoms with Crippen molar-refractivity contribution < 1.29 is 19.1 Å². The highest BCUT2D eigenvalue weighted by atomic mass is 35.5. The Labute approximate surface area is 198 Å². The molecule has 3 rings (SSSR count). The fraction of sp³-hybridized carbons (Fsp3) is 0.231. The minimum atomic E-state index is -0.698. The van der Waals surface area contributed by atoms with Crippen LogP contribution in [-0.2, 0) is 14.9 Å². The summed E-state index contributed by atoms with van der Waals surface area (Å²) in [6.45, 7) is 6.15. The van der Waals surface area contributed by atoms with Crippen LogP contribution in [0.5, 0.6) is 11.5 Å². The van der Waals surface area contributed by atoms with E-state index in [1.807, 2.05) is 12.1 Å². The van der Waals surface area contributed by atoms with E-state index in [-0.39, 0.29) is 16.7 Å². The van der Waals surface area contributed by atoms with Gasteiger partial charge in [-0.1, -0.05) is 44.5 Å². The smallest absolute Gasteiger partial charge is 0.340 e. The summed E-state index contributed by atoms with van der Waals surface area (Å²) in [6.07, 6.45) is 1.05. The van der Waals surface area contributed by atoms with Crippen LogP contribution >= 0.6 is 11.6 Å². The van der Waals surface area contributed by atoms with Gasteiger partial charge in [-0.15, -0.1) is 0 Å². The predicted octanol–water partition coefficient (Wildman–Crippen LogP) is 6.20. The summed E-state index contributed by atoms with van der Waals surface area (Å²) in [7, 11) is 0. The molecule has 1 amide bonds. The van der Waals surface area contributed by atoms with Crippen LogP contribution in [0.2, 0.25) is 5.02 Å². The Morgan fingerprint density at radius 1 is 0.970 bits per heavy atom. The molecule has 6 nitrogen and oxygen atoms in total. The van der Waals surface area contributed by atoms with Crippen molar-refractivity contribution in [3.63, 3.8) is 0 Å². The predicted molar refractivity (Wildman–Crippen MR) is 131 cm³/mol. The number of nitrogen functional groups attached to an aromatic ring is 1. The molecular formula is C26H27ClN2O4. The van der Waals surface area contributed by atoms with E-state index >= 15 is 0 Å². The van der Waals surface area contributed by atoms with Crippen LogP contribution in [0.3, 0.4) is 0 Å². The first-order chi connectivity index (χ1) is 15.7. The molecular weight excluding hydrogens is 440 g/mol. The Morgan fingerprint density at radius 2 is 1.58 bits per heavy atom. The van der Waals surface area contributed by atoms with Crippen molar-refractivity contribution in [1.82, 2.24) is 0 Å². The number of nitrogens with two attached hydrogens (primary N) is 1. The zero-order valence-corrected chi connectivity index (χ0v) is 19.6. The largest absolute Gasteiger partial charge is 0.457 e. The summed E-state index contributed by atoms with van der Waals surface area (Å²) in [4.78, 5) is 24.2. The Kier molecular flexibility index (Phi) is 7.61. The van der Waals surface area contributed by atoms with Gasteiger partial charge in [0.25, 0.3) is 5.91 Å². The van der Waals surface area contributed by atoms with Crippen molar-refractivity contribution in [2.24, 2.45) is 0 Å². The maximum absolute atomic E-state index is 12.1. The molecule has 33 heavy (non-hydrogen) atoms. The minimum absolute atomic E-state index is 0.119. The second-order valence-electron chi connectivity index (χ2n) is 8.24. The van der Waals surface area contributed by atoms with Gasteiger partial charge in [-0.25, -0.2) is 4.79 Å². The first-order valence-corrected chi connectivity index (χ1v) is 11.0. The first kappa shape index (κ1) is 24.1. The van der Waals surface area contributed by atoms with Crippen LogP contribution in [0, 0.1) is 0 Å². The molecule has 0 heterocycles. The fourth-order valence-electron chi connectivity index (χ4n) is 3.05. The number of anilines is 2. The summed E-state index contributed by atoms with van der Waals surface area (Å²) in [6, 6.07) is 19.4. The van der Waals surface area contributed by atoms with E-state index in [4.69, 9.17) is 26.8 Å². The average Bonchev–Trinajstić information content (AvgIpc) is 2.79. The molecule has 172 valence electrons. The van der Waals surface area contributed by atoms with Crippen molar-refractivity contribution >= 4 is 34.9 Å². The van der Waals surface area contributed by atoms with Gasteiger partial charge in [0, 0.05) is 16.4 Å². The van der Waals surface area contributed by atoms with E-state index in [9.17, 15) is 9.59 Å². The Balaban J connectivity index is 1.51. The van der Waals surface area contributed by atoms with Gasteiger partial charge < -0.3 is 20.5 Å². The summed E-state index contributed by atoms with van der Waals surface area (Å²) in [5.74, 6) is 0.200. The van der Waals surface area contributed by atoms with Gasteiger partial charge in [-0.3, -0.25) is 4.79 Å². The number of rotatable bonds is 8. The van der Waals surface area contributed by atoms with Crippen LogP contribution in [0.25, 0.3) is 0 Å². The quantitative estimate of drug-likeness (QED) is 0.304. The summed E-state index contributed by atoms with van der Waals surface area (Å²) in [5.41, 5.74) is 8.03. The number of carbonyl (C=O) groups excluding carboxylic acids is 2. The number of benzene rings is 3. The molecule has 0 atom stereocenters. The van der Waals surface area contributed by atoms with Gasteiger partial charge in [-0.05, 0) is 72.0 Å². The first-order valence-electron chi connectivity index (χ1n) is 10.6. The van der Waals surface area contributed by atoms with E-state index in [1.54, 1.807) is 24.3 Å². The molecule has 0 spiro atoms. The van der Waals surface area contributed by atoms with E-state index < -0.39 is 18.5 Å². The summed E-state index contributed by atoms with van der Waals surface area (Å²) < 4.78 is 10.9. The standard InChI is InChI=1S/C26H27ClN2O4/c1-4-26(2,3)17-5-10-20(11-6-17)33-21-12-8-19(9-13-21)29-24(30)16-32-25(31)22-14-7-18(27)15-23(22)28/h5-15H,4,16,28H2,1-3H3,(H,29,30). The third kappa shape index (κ3) is 6.49. The number of hydrogen-bond donors (Lipinski definition) is 2. The highest BCUT2D eigenvalue weighted by Crippen LogP contribution is 2.30. The molecule has 0 radical (unpaired) electrons. The van der Waals surface area contributed by atoms with Crippen LogP contribution in [0.1, 0.15) is 43.1 Å². The molecule has 7 heteroatoms. The summed E-state index contributed by atoms with van der Waals surface area (Å²) in [5, 5.41) is 3.08. The van der Waals surface area contributed by atoms with Gasteiger partial charge in [0.1, 0.15) is 11.5 Å². The van der Waals surface area contributed by atoms with Crippen molar-refractivity contribution in [3.8, 4) is 11.5 Å². The van der Waals surface area contributed by atoms with Gasteiger partial charge in [0.2, 0.25) is 0 Å². The molecule has 3 aromatic rings. The molecule has 0 unspecified atom stereocenters. The maximum atomic E-state index is 12.1. The van der Waals surface area contributed by atoms with E-state index in [0.29, 0.717) is 16.5 Å². The number of ether oxygens (including phenoxy) is 2. The molecule has 0 aliphatic carbocycles. The Hall–Kier alpha value is -3.51. The lowest BCUT2D eigenvalue weighted by Gasteiger charge is -2.23. The zero-order chi connectivity index (χ0) is 24.0. The molecule has 3 N–H and O–H groups in total. The third-order valence-corrected chi connectivity index (χ3v) is 5.70. The molecule has 0 aliphatic heterocycles. The molecule has 0 saturated heterocycles. The van der Waals surface area contributed by atoms with Crippen LogP contribution < -0.4 is 15.8 Å². The number of hydrogen-bond acceptors (Lipinski definition) is 5. The number of amides is 1. The lowest BCUT2D eigenvalue weighted by Crippen LogP contribution is -2.21. The molecule has 0 aromatic heterocycles. The lowest BCUT2D eigenvalue weighted by atomic mass is 9.82. The van der Waals surface area contributed by atoms with Crippen LogP contribution in [-0.4, -0.2) is 18.5 Å². The molecule has 0 aliphatic rings. The minimum Gasteiger partial charge on any atom is -0.457 e. The maximum Gasteiger partial charge on any atom is 0.340 e. The van der Waals surface area contributed by atoms with Gasteiger partial charge in [0.15, 0.2) is 6.61 Å². The van der Waals surface area contributed by atoms with E-state index in [0.717, 1.165) is 12.2 Å². The third-order valence-electron chi connectivity index (χ3n) is 5.46. The molecule has 3 aromatic carbocycles. The normalized spacial score (nSPS) is 11.0. The lowest BCUT2D eigenvalue weighted by molar-refractivity contribution is -0.119. The number of esters is 1. The second-order valence-corrected chi connectivity index (χ2v) is 8.68. The second kappa shape index (κ2) is 10.4. The number of halogens is 1. The highest BCUT2D eigenvalue weighted by Gasteiger charge is 2.17. The molecule has 0 saturated carbocycles. The average molecular weight is 467 g/mol. The van der Waals surface area contributed by atoms with E-state index in [1.165, 1.54) is 23.8 Å². The van der Waals surface area contributed by atoms with E-state index in [2.05, 4.69) is 38.2 Å². The van der Waals surface area contributed by atoms with Crippen LogP contribution in [0.15, 0.2) is 66.7 Å². The highest BCUT2D eigenvalue weighted by molar-refractivity contribution is 6.31. The van der Waals surface area contributed by atoms with Crippen LogP contribution in [0.4, 0.5) is 11.4 Å². The Morgan fingerprint density at radius 3 is 2.15 bits per heavy atom. The Bertz CT molecular complexity index is 1130. The molecule has 0 fully saturated rings. The van der Waals surface area contributed by atoms with Gasteiger partial charge in [0.05, 0.1) is 5.56 Å². The summed E-state index contributed by atoms with van der Waals surface area (Å²) >= 11 is 5.82. The van der Waals surface area contributed by atoms with Crippen molar-refractivity contribution in [1.29, 1.82) is 0 Å². The van der Waals surface area contributed by atoms with Gasteiger partial charge in [-0.2, -0.15) is 0 Å². The number of carbonyl (C=O) groups is 2. The van der Waals surface area contributed by atoms with Gasteiger partial charge >= 0.3 is 5.97 Å². The molecule has 0 bridgehead atoms. The topological polar surface area (TPSA) is 90.6 Å². The van der Waals surface area contributed by atoms with Crippen molar-refractivity contribution in [3.05, 3.63) is 82.9 Å². The van der Waals surface area contributed by atoms with Crippen molar-refractivity contribution in [2.75, 3.05) is 17.7 Å². The van der Waals surface area contributed by atoms with Crippen molar-refractivity contribution in [2.45, 2.75) is 32.6 Å². The monoisotopic (exact) mass is 466 g/mol. The zero-order valence-electron chi connectivity index (χ0n) is 18.9. The number of nitrogens with one attached hydrogen (secondary N) is 1.